The lowest BCUT2D eigenvalue weighted by Crippen LogP contribution is -2.34. The molecule has 1 aliphatic heterocycles. The van der Waals surface area contributed by atoms with Crippen LogP contribution in [-0.2, 0) is 19.1 Å². The zero-order valence-corrected chi connectivity index (χ0v) is 11.7. The van der Waals surface area contributed by atoms with Gasteiger partial charge in [-0.05, 0) is 12.5 Å². The standard InChI is InChI=1S/C15H17NO5/c1-10-14(21-8-7-20-10)15(19)16-12(9-13(17)18)11-5-3-2-4-6-11/h2-6,12H,7-9H2,1H3,(H,16,19)(H,17,18). The second kappa shape index (κ2) is 6.78. The summed E-state index contributed by atoms with van der Waals surface area (Å²) in [5.41, 5.74) is 0.725. The van der Waals surface area contributed by atoms with Crippen LogP contribution in [0.3, 0.4) is 0 Å². The van der Waals surface area contributed by atoms with Crippen molar-refractivity contribution in [3.63, 3.8) is 0 Å². The molecule has 112 valence electrons. The summed E-state index contributed by atoms with van der Waals surface area (Å²) in [5, 5.41) is 11.7. The minimum atomic E-state index is -0.990. The summed E-state index contributed by atoms with van der Waals surface area (Å²) in [6, 6.07) is 8.33. The molecule has 0 aromatic heterocycles. The first-order valence-corrected chi connectivity index (χ1v) is 6.62. The van der Waals surface area contributed by atoms with Crippen LogP contribution >= 0.6 is 0 Å². The molecule has 0 aliphatic carbocycles. The number of carbonyl (C=O) groups is 2. The van der Waals surface area contributed by atoms with Crippen LogP contribution in [0.25, 0.3) is 0 Å². The first kappa shape index (κ1) is 14.9. The van der Waals surface area contributed by atoms with Gasteiger partial charge in [-0.15, -0.1) is 0 Å². The first-order valence-electron chi connectivity index (χ1n) is 6.62. The largest absolute Gasteiger partial charge is 0.491 e. The number of carboxylic acid groups (broad SMARTS) is 1. The molecule has 2 rings (SSSR count). The summed E-state index contributed by atoms with van der Waals surface area (Å²) in [6.07, 6.45) is -0.205. The molecule has 1 unspecified atom stereocenters. The van der Waals surface area contributed by atoms with Gasteiger partial charge in [-0.25, -0.2) is 0 Å². The van der Waals surface area contributed by atoms with Crippen molar-refractivity contribution < 1.29 is 24.2 Å². The fraction of sp³-hybridized carbons (Fsp3) is 0.333. The Hall–Kier alpha value is -2.50. The Morgan fingerprint density at radius 2 is 1.90 bits per heavy atom. The lowest BCUT2D eigenvalue weighted by Gasteiger charge is -2.22. The maximum atomic E-state index is 12.2. The van der Waals surface area contributed by atoms with Gasteiger partial charge in [0.25, 0.3) is 5.91 Å². The summed E-state index contributed by atoms with van der Waals surface area (Å²) in [7, 11) is 0. The van der Waals surface area contributed by atoms with Gasteiger partial charge in [0, 0.05) is 0 Å². The molecular weight excluding hydrogens is 274 g/mol. The highest BCUT2D eigenvalue weighted by atomic mass is 16.6. The topological polar surface area (TPSA) is 84.9 Å². The minimum Gasteiger partial charge on any atom is -0.491 e. The van der Waals surface area contributed by atoms with Crippen LogP contribution in [-0.4, -0.2) is 30.2 Å². The molecule has 1 heterocycles. The third-order valence-electron chi connectivity index (χ3n) is 3.06. The van der Waals surface area contributed by atoms with E-state index in [0.29, 0.717) is 19.0 Å². The van der Waals surface area contributed by atoms with Crippen molar-refractivity contribution >= 4 is 11.9 Å². The molecule has 0 saturated heterocycles. The van der Waals surface area contributed by atoms with E-state index in [1.807, 2.05) is 6.07 Å². The highest BCUT2D eigenvalue weighted by molar-refractivity contribution is 5.92. The second-order valence-corrected chi connectivity index (χ2v) is 4.62. The van der Waals surface area contributed by atoms with Gasteiger partial charge in [-0.3, -0.25) is 9.59 Å². The number of carboxylic acids is 1. The van der Waals surface area contributed by atoms with Gasteiger partial charge in [-0.2, -0.15) is 0 Å². The molecule has 0 bridgehead atoms. The van der Waals surface area contributed by atoms with Crippen LogP contribution in [0.5, 0.6) is 0 Å². The molecule has 0 saturated carbocycles. The number of hydrogen-bond donors (Lipinski definition) is 2. The summed E-state index contributed by atoms with van der Waals surface area (Å²) in [6.45, 7) is 2.34. The van der Waals surface area contributed by atoms with Crippen molar-refractivity contribution in [1.29, 1.82) is 0 Å². The maximum absolute atomic E-state index is 12.2. The van der Waals surface area contributed by atoms with Gasteiger partial charge in [0.2, 0.25) is 5.76 Å². The van der Waals surface area contributed by atoms with Gasteiger partial charge >= 0.3 is 5.97 Å². The van der Waals surface area contributed by atoms with E-state index in [9.17, 15) is 9.59 Å². The number of allylic oxidation sites excluding steroid dienone is 1. The Balaban J connectivity index is 2.15. The average molecular weight is 291 g/mol. The number of aliphatic carboxylic acids is 1. The summed E-state index contributed by atoms with van der Waals surface area (Å²) < 4.78 is 10.5. The van der Waals surface area contributed by atoms with Crippen LogP contribution in [0.2, 0.25) is 0 Å². The molecule has 1 aliphatic rings. The minimum absolute atomic E-state index is 0.104. The SMILES string of the molecule is CC1=C(C(=O)NC(CC(=O)O)c2ccccc2)OCCO1. The molecule has 0 spiro atoms. The van der Waals surface area contributed by atoms with E-state index in [1.165, 1.54) is 0 Å². The van der Waals surface area contributed by atoms with Crippen LogP contribution < -0.4 is 5.32 Å². The van der Waals surface area contributed by atoms with Gasteiger partial charge in [0.15, 0.2) is 0 Å². The van der Waals surface area contributed by atoms with Crippen LogP contribution in [0.4, 0.5) is 0 Å². The van der Waals surface area contributed by atoms with E-state index in [4.69, 9.17) is 14.6 Å². The molecule has 6 heteroatoms. The van der Waals surface area contributed by atoms with Crippen LogP contribution in [0.15, 0.2) is 41.9 Å². The molecule has 1 aromatic carbocycles. The summed E-state index contributed by atoms with van der Waals surface area (Å²) >= 11 is 0. The molecule has 1 atom stereocenters. The molecule has 21 heavy (non-hydrogen) atoms. The van der Waals surface area contributed by atoms with E-state index >= 15 is 0 Å². The molecule has 1 aromatic rings. The molecule has 0 radical (unpaired) electrons. The predicted octanol–water partition coefficient (Wildman–Crippen LogP) is 1.60. The van der Waals surface area contributed by atoms with Gasteiger partial charge < -0.3 is 19.9 Å². The van der Waals surface area contributed by atoms with Gasteiger partial charge in [-0.1, -0.05) is 30.3 Å². The average Bonchev–Trinajstić information content (AvgIpc) is 2.47. The fourth-order valence-corrected chi connectivity index (χ4v) is 2.07. The number of nitrogens with one attached hydrogen (secondary N) is 1. The number of hydrogen-bond acceptors (Lipinski definition) is 4. The van der Waals surface area contributed by atoms with Crippen molar-refractivity contribution in [3.05, 3.63) is 47.4 Å². The Morgan fingerprint density at radius 3 is 2.52 bits per heavy atom. The third kappa shape index (κ3) is 3.98. The number of carbonyl (C=O) groups excluding carboxylic acids is 1. The highest BCUT2D eigenvalue weighted by Crippen LogP contribution is 2.19. The number of ether oxygens (including phenoxy) is 2. The van der Waals surface area contributed by atoms with Crippen molar-refractivity contribution in [3.8, 4) is 0 Å². The predicted molar refractivity (Wildman–Crippen MR) is 74.2 cm³/mol. The lowest BCUT2D eigenvalue weighted by molar-refractivity contribution is -0.137. The smallest absolute Gasteiger partial charge is 0.305 e. The Kier molecular flexibility index (Phi) is 4.81. The van der Waals surface area contributed by atoms with Gasteiger partial charge in [0.1, 0.15) is 19.0 Å². The van der Waals surface area contributed by atoms with E-state index < -0.39 is 17.9 Å². The zero-order chi connectivity index (χ0) is 15.2. The maximum Gasteiger partial charge on any atom is 0.305 e. The highest BCUT2D eigenvalue weighted by Gasteiger charge is 2.24. The van der Waals surface area contributed by atoms with Crippen LogP contribution in [0.1, 0.15) is 24.9 Å². The van der Waals surface area contributed by atoms with Gasteiger partial charge in [0.05, 0.1) is 12.5 Å². The second-order valence-electron chi connectivity index (χ2n) is 4.62. The summed E-state index contributed by atoms with van der Waals surface area (Å²) in [4.78, 5) is 23.2. The van der Waals surface area contributed by atoms with E-state index in [-0.39, 0.29) is 12.2 Å². The Bertz CT molecular complexity index is 552. The monoisotopic (exact) mass is 291 g/mol. The molecule has 2 N–H and O–H groups in total. The number of rotatable bonds is 5. The molecule has 0 fully saturated rings. The van der Waals surface area contributed by atoms with E-state index in [1.54, 1.807) is 31.2 Å². The number of amides is 1. The molecule has 6 nitrogen and oxygen atoms in total. The van der Waals surface area contributed by atoms with E-state index in [2.05, 4.69) is 5.32 Å². The Morgan fingerprint density at radius 1 is 1.24 bits per heavy atom. The third-order valence-corrected chi connectivity index (χ3v) is 3.06. The van der Waals surface area contributed by atoms with Crippen LogP contribution in [0, 0.1) is 0 Å². The van der Waals surface area contributed by atoms with Crippen molar-refractivity contribution in [2.75, 3.05) is 13.2 Å². The fourth-order valence-electron chi connectivity index (χ4n) is 2.07. The van der Waals surface area contributed by atoms with Crippen molar-refractivity contribution in [1.82, 2.24) is 5.32 Å². The number of benzene rings is 1. The van der Waals surface area contributed by atoms with Crippen molar-refractivity contribution in [2.45, 2.75) is 19.4 Å². The quantitative estimate of drug-likeness (QED) is 0.860. The summed E-state index contributed by atoms with van der Waals surface area (Å²) in [5.74, 6) is -0.952. The van der Waals surface area contributed by atoms with E-state index in [0.717, 1.165) is 5.56 Å². The molecular formula is C15H17NO5. The molecule has 1 amide bonds. The first-order chi connectivity index (χ1) is 10.1. The normalized spacial score (nSPS) is 15.7. The Labute approximate surface area is 122 Å². The zero-order valence-electron chi connectivity index (χ0n) is 11.7. The lowest BCUT2D eigenvalue weighted by atomic mass is 10.0. The van der Waals surface area contributed by atoms with Crippen molar-refractivity contribution in [2.24, 2.45) is 0 Å².